The van der Waals surface area contributed by atoms with Gasteiger partial charge in [0, 0.05) is 5.69 Å². The van der Waals surface area contributed by atoms with Crippen LogP contribution in [0.1, 0.15) is 26.3 Å². The lowest BCUT2D eigenvalue weighted by Crippen LogP contribution is -2.13. The van der Waals surface area contributed by atoms with E-state index in [-0.39, 0.29) is 5.41 Å². The summed E-state index contributed by atoms with van der Waals surface area (Å²) >= 11 is 0. The maximum Gasteiger partial charge on any atom is 0.0358 e. The summed E-state index contributed by atoms with van der Waals surface area (Å²) in [5, 5.41) is 2.47. The maximum absolute atomic E-state index is 6.07. The van der Waals surface area contributed by atoms with Gasteiger partial charge >= 0.3 is 0 Å². The van der Waals surface area contributed by atoms with E-state index in [0.717, 1.165) is 5.69 Å². The summed E-state index contributed by atoms with van der Waals surface area (Å²) in [5.41, 5.74) is 8.29. The van der Waals surface area contributed by atoms with Gasteiger partial charge in [-0.2, -0.15) is 0 Å². The number of hydrogen-bond donors (Lipinski definition) is 1. The minimum atomic E-state index is 0.105. The maximum atomic E-state index is 6.07. The fourth-order valence-electron chi connectivity index (χ4n) is 1.91. The molecule has 15 heavy (non-hydrogen) atoms. The Labute approximate surface area is 90.9 Å². The number of nitrogens with two attached hydrogens (primary N) is 1. The molecule has 0 heterocycles. The van der Waals surface area contributed by atoms with Crippen LogP contribution in [-0.2, 0) is 5.41 Å². The van der Waals surface area contributed by atoms with E-state index in [1.807, 2.05) is 6.07 Å². The van der Waals surface area contributed by atoms with Gasteiger partial charge in [-0.05, 0) is 33.9 Å². The molecule has 2 aromatic rings. The molecule has 78 valence electrons. The summed E-state index contributed by atoms with van der Waals surface area (Å²) < 4.78 is 0. The Morgan fingerprint density at radius 3 is 2.00 bits per heavy atom. The molecule has 0 bridgehead atoms. The van der Waals surface area contributed by atoms with Crippen LogP contribution < -0.4 is 5.73 Å². The van der Waals surface area contributed by atoms with Gasteiger partial charge in [-0.3, -0.25) is 0 Å². The lowest BCUT2D eigenvalue weighted by molar-refractivity contribution is 0.593. The number of benzene rings is 2. The number of nitrogen functional groups attached to an aromatic ring is 1. The van der Waals surface area contributed by atoms with E-state index in [0.29, 0.717) is 0 Å². The highest BCUT2D eigenvalue weighted by molar-refractivity contribution is 5.87. The first-order valence-corrected chi connectivity index (χ1v) is 5.27. The van der Waals surface area contributed by atoms with Gasteiger partial charge in [-0.25, -0.2) is 0 Å². The molecule has 0 unspecified atom stereocenters. The second kappa shape index (κ2) is 3.27. The zero-order valence-electron chi connectivity index (χ0n) is 9.54. The topological polar surface area (TPSA) is 26.0 Å². The van der Waals surface area contributed by atoms with E-state index in [4.69, 9.17) is 5.73 Å². The van der Waals surface area contributed by atoms with Crippen molar-refractivity contribution in [1.82, 2.24) is 0 Å². The van der Waals surface area contributed by atoms with Crippen molar-refractivity contribution in [3.8, 4) is 0 Å². The third kappa shape index (κ3) is 1.82. The number of hydrogen-bond acceptors (Lipinski definition) is 1. The third-order valence-corrected chi connectivity index (χ3v) is 2.73. The summed E-state index contributed by atoms with van der Waals surface area (Å²) in [6.07, 6.45) is 0. The van der Waals surface area contributed by atoms with E-state index in [1.54, 1.807) is 0 Å². The molecule has 0 amide bonds. The number of rotatable bonds is 0. The summed E-state index contributed by atoms with van der Waals surface area (Å²) in [5.74, 6) is 0. The van der Waals surface area contributed by atoms with Gasteiger partial charge in [-0.15, -0.1) is 0 Å². The van der Waals surface area contributed by atoms with Crippen LogP contribution in [0.25, 0.3) is 10.8 Å². The van der Waals surface area contributed by atoms with Gasteiger partial charge in [0.2, 0.25) is 0 Å². The molecule has 0 radical (unpaired) electrons. The summed E-state index contributed by atoms with van der Waals surface area (Å²) in [4.78, 5) is 0. The monoisotopic (exact) mass is 199 g/mol. The Balaban J connectivity index is 2.73. The summed E-state index contributed by atoms with van der Waals surface area (Å²) in [6, 6.07) is 12.6. The lowest BCUT2D eigenvalue weighted by atomic mass is 9.84. The average molecular weight is 199 g/mol. The van der Waals surface area contributed by atoms with Crippen LogP contribution >= 0.6 is 0 Å². The largest absolute Gasteiger partial charge is 0.398 e. The van der Waals surface area contributed by atoms with Crippen molar-refractivity contribution in [2.45, 2.75) is 26.2 Å². The van der Waals surface area contributed by atoms with Crippen LogP contribution in [0.15, 0.2) is 36.4 Å². The van der Waals surface area contributed by atoms with Gasteiger partial charge in [0.25, 0.3) is 0 Å². The molecule has 1 nitrogen and oxygen atoms in total. The molecular formula is C14H17N. The fraction of sp³-hybridized carbons (Fsp3) is 0.286. The Morgan fingerprint density at radius 1 is 0.933 bits per heavy atom. The zero-order valence-corrected chi connectivity index (χ0v) is 9.54. The number of fused-ring (bicyclic) bond motifs is 1. The molecule has 0 atom stereocenters. The van der Waals surface area contributed by atoms with E-state index < -0.39 is 0 Å². The van der Waals surface area contributed by atoms with E-state index in [1.165, 1.54) is 16.3 Å². The second-order valence-electron chi connectivity index (χ2n) is 5.04. The molecule has 0 saturated carbocycles. The van der Waals surface area contributed by atoms with Crippen LogP contribution in [-0.4, -0.2) is 0 Å². The Kier molecular flexibility index (Phi) is 2.18. The van der Waals surface area contributed by atoms with Crippen LogP contribution in [0, 0.1) is 0 Å². The molecule has 0 spiro atoms. The average Bonchev–Trinajstić information content (AvgIpc) is 2.15. The van der Waals surface area contributed by atoms with Gasteiger partial charge in [0.15, 0.2) is 0 Å². The predicted molar refractivity (Wildman–Crippen MR) is 67.1 cm³/mol. The van der Waals surface area contributed by atoms with Crippen LogP contribution in [0.5, 0.6) is 0 Å². The fourth-order valence-corrected chi connectivity index (χ4v) is 1.91. The second-order valence-corrected chi connectivity index (χ2v) is 5.04. The molecule has 0 fully saturated rings. The third-order valence-electron chi connectivity index (χ3n) is 2.73. The Morgan fingerprint density at radius 2 is 1.47 bits per heavy atom. The van der Waals surface area contributed by atoms with Crippen molar-refractivity contribution in [2.24, 2.45) is 0 Å². The molecule has 0 aliphatic heterocycles. The van der Waals surface area contributed by atoms with Crippen molar-refractivity contribution in [3.63, 3.8) is 0 Å². The quantitative estimate of drug-likeness (QED) is 0.643. The molecule has 1 heteroatoms. The van der Waals surface area contributed by atoms with Crippen molar-refractivity contribution in [2.75, 3.05) is 5.73 Å². The molecule has 2 N–H and O–H groups in total. The summed E-state index contributed by atoms with van der Waals surface area (Å²) in [7, 11) is 0. The number of anilines is 1. The molecule has 0 aliphatic rings. The van der Waals surface area contributed by atoms with Gasteiger partial charge in [0.1, 0.15) is 0 Å². The summed E-state index contributed by atoms with van der Waals surface area (Å²) in [6.45, 7) is 6.56. The molecule has 0 aliphatic carbocycles. The van der Waals surface area contributed by atoms with E-state index in [2.05, 4.69) is 51.1 Å². The SMILES string of the molecule is CC(C)(C)c1cc2ccccc2cc1N. The van der Waals surface area contributed by atoms with Crippen molar-refractivity contribution in [3.05, 3.63) is 42.0 Å². The minimum Gasteiger partial charge on any atom is -0.398 e. The first-order chi connectivity index (χ1) is 6.98. The van der Waals surface area contributed by atoms with Gasteiger partial charge in [0.05, 0.1) is 0 Å². The molecular weight excluding hydrogens is 182 g/mol. The highest BCUT2D eigenvalue weighted by atomic mass is 14.6. The van der Waals surface area contributed by atoms with E-state index >= 15 is 0 Å². The smallest absolute Gasteiger partial charge is 0.0358 e. The van der Waals surface area contributed by atoms with Crippen molar-refractivity contribution >= 4 is 16.5 Å². The minimum absolute atomic E-state index is 0.105. The Hall–Kier alpha value is -1.50. The first-order valence-electron chi connectivity index (χ1n) is 5.27. The normalized spacial score (nSPS) is 11.9. The van der Waals surface area contributed by atoms with Gasteiger partial charge < -0.3 is 5.73 Å². The molecule has 2 aromatic carbocycles. The highest BCUT2D eigenvalue weighted by Crippen LogP contribution is 2.31. The zero-order chi connectivity index (χ0) is 11.1. The van der Waals surface area contributed by atoms with Crippen LogP contribution in [0.2, 0.25) is 0 Å². The molecule has 0 aromatic heterocycles. The first kappa shape index (κ1) is 10.0. The lowest BCUT2D eigenvalue weighted by Gasteiger charge is -2.21. The Bertz CT molecular complexity index is 492. The van der Waals surface area contributed by atoms with E-state index in [9.17, 15) is 0 Å². The van der Waals surface area contributed by atoms with Crippen molar-refractivity contribution < 1.29 is 0 Å². The van der Waals surface area contributed by atoms with Gasteiger partial charge in [-0.1, -0.05) is 45.0 Å². The van der Waals surface area contributed by atoms with Crippen LogP contribution in [0.3, 0.4) is 0 Å². The highest BCUT2D eigenvalue weighted by Gasteiger charge is 2.17. The standard InChI is InChI=1S/C14H17N/c1-14(2,3)12-8-10-6-4-5-7-11(10)9-13(12)15/h4-9H,15H2,1-3H3. The molecule has 0 saturated heterocycles. The predicted octanol–water partition coefficient (Wildman–Crippen LogP) is 3.72. The van der Waals surface area contributed by atoms with Crippen molar-refractivity contribution in [1.29, 1.82) is 0 Å². The van der Waals surface area contributed by atoms with Crippen LogP contribution in [0.4, 0.5) is 5.69 Å². The molecule has 2 rings (SSSR count).